The molecule has 0 aromatic carbocycles. The summed E-state index contributed by atoms with van der Waals surface area (Å²) in [5, 5.41) is 7.92. The van der Waals surface area contributed by atoms with Crippen molar-refractivity contribution >= 4 is 11.6 Å². The number of rotatable bonds is 3. The van der Waals surface area contributed by atoms with Crippen LogP contribution in [0.25, 0.3) is 5.78 Å². The van der Waals surface area contributed by atoms with Gasteiger partial charge in [-0.15, -0.1) is 0 Å². The normalized spacial score (nSPS) is 17.6. The summed E-state index contributed by atoms with van der Waals surface area (Å²) in [5.74, 6) is 2.51. The van der Waals surface area contributed by atoms with Gasteiger partial charge in [-0.05, 0) is 32.6 Å². The quantitative estimate of drug-likeness (QED) is 0.938. The fourth-order valence-electron chi connectivity index (χ4n) is 3.23. The van der Waals surface area contributed by atoms with Gasteiger partial charge in [0.25, 0.3) is 5.78 Å². The van der Waals surface area contributed by atoms with Crippen LogP contribution < -0.4 is 5.32 Å². The lowest BCUT2D eigenvalue weighted by Crippen LogP contribution is -2.18. The molecule has 1 saturated carbocycles. The molecular formula is C16H25N5. The van der Waals surface area contributed by atoms with Gasteiger partial charge in [-0.25, -0.2) is 4.98 Å². The zero-order chi connectivity index (χ0) is 14.7. The maximum Gasteiger partial charge on any atom is 0.254 e. The van der Waals surface area contributed by atoms with Crippen molar-refractivity contribution < 1.29 is 0 Å². The van der Waals surface area contributed by atoms with E-state index in [9.17, 15) is 0 Å². The Hall–Kier alpha value is -1.65. The second-order valence-corrected chi connectivity index (χ2v) is 6.23. The third-order valence-electron chi connectivity index (χ3n) is 4.69. The zero-order valence-electron chi connectivity index (χ0n) is 13.1. The highest BCUT2D eigenvalue weighted by Gasteiger charge is 2.14. The first-order valence-corrected chi connectivity index (χ1v) is 8.16. The predicted molar refractivity (Wildman–Crippen MR) is 84.6 cm³/mol. The van der Waals surface area contributed by atoms with E-state index in [1.54, 1.807) is 6.33 Å². The molecule has 1 N–H and O–H groups in total. The SMILES string of the molecule is Cc1nc2ncnn2c(NCC2CCCCCCC2)c1C. The highest BCUT2D eigenvalue weighted by Crippen LogP contribution is 2.24. The Bertz CT molecular complexity index is 596. The third-order valence-corrected chi connectivity index (χ3v) is 4.69. The van der Waals surface area contributed by atoms with Gasteiger partial charge >= 0.3 is 0 Å². The second-order valence-electron chi connectivity index (χ2n) is 6.23. The van der Waals surface area contributed by atoms with Gasteiger partial charge in [0.15, 0.2) is 0 Å². The molecule has 1 fully saturated rings. The van der Waals surface area contributed by atoms with E-state index < -0.39 is 0 Å². The van der Waals surface area contributed by atoms with Gasteiger partial charge in [0.05, 0.1) is 0 Å². The molecule has 0 bridgehead atoms. The topological polar surface area (TPSA) is 55.1 Å². The number of fused-ring (bicyclic) bond motifs is 1. The maximum atomic E-state index is 4.47. The molecule has 0 atom stereocenters. The monoisotopic (exact) mass is 287 g/mol. The standard InChI is InChI=1S/C16H25N5/c1-12-13(2)20-16-18-11-19-21(16)15(12)17-10-14-8-6-4-3-5-7-9-14/h11,14,17H,3-10H2,1-2H3. The van der Waals surface area contributed by atoms with Crippen LogP contribution in [0.15, 0.2) is 6.33 Å². The Morgan fingerprint density at radius 2 is 1.86 bits per heavy atom. The molecule has 0 amide bonds. The Morgan fingerprint density at radius 1 is 1.14 bits per heavy atom. The zero-order valence-corrected chi connectivity index (χ0v) is 13.1. The van der Waals surface area contributed by atoms with Gasteiger partial charge in [-0.2, -0.15) is 14.6 Å². The molecule has 0 saturated heterocycles. The number of aryl methyl sites for hydroxylation is 1. The first-order valence-electron chi connectivity index (χ1n) is 8.16. The van der Waals surface area contributed by atoms with Gasteiger partial charge in [0, 0.05) is 17.8 Å². The molecule has 0 spiro atoms. The van der Waals surface area contributed by atoms with Crippen LogP contribution in [0, 0.1) is 19.8 Å². The molecule has 2 aromatic heterocycles. The average Bonchev–Trinajstić information content (AvgIpc) is 2.88. The molecule has 1 aliphatic carbocycles. The van der Waals surface area contributed by atoms with Crippen LogP contribution in [0.5, 0.6) is 0 Å². The summed E-state index contributed by atoms with van der Waals surface area (Å²) in [6, 6.07) is 0. The van der Waals surface area contributed by atoms with Crippen LogP contribution in [0.3, 0.4) is 0 Å². The fourth-order valence-corrected chi connectivity index (χ4v) is 3.23. The van der Waals surface area contributed by atoms with Gasteiger partial charge in [-0.3, -0.25) is 0 Å². The van der Waals surface area contributed by atoms with Gasteiger partial charge in [0.2, 0.25) is 0 Å². The van der Waals surface area contributed by atoms with Crippen molar-refractivity contribution in [1.82, 2.24) is 19.6 Å². The molecule has 2 aromatic rings. The van der Waals surface area contributed by atoms with Gasteiger partial charge in [0.1, 0.15) is 12.1 Å². The minimum Gasteiger partial charge on any atom is -0.369 e. The maximum absolute atomic E-state index is 4.47. The minimum atomic E-state index is 0.679. The lowest BCUT2D eigenvalue weighted by molar-refractivity contribution is 0.392. The Morgan fingerprint density at radius 3 is 2.62 bits per heavy atom. The largest absolute Gasteiger partial charge is 0.369 e. The number of nitrogens with one attached hydrogen (secondary N) is 1. The van der Waals surface area contributed by atoms with Crippen molar-refractivity contribution in [3.8, 4) is 0 Å². The number of nitrogens with zero attached hydrogens (tertiary/aromatic N) is 4. The number of anilines is 1. The third kappa shape index (κ3) is 3.17. The first-order chi connectivity index (χ1) is 10.3. The van der Waals surface area contributed by atoms with Crippen LogP contribution in [0.4, 0.5) is 5.82 Å². The summed E-state index contributed by atoms with van der Waals surface area (Å²) in [7, 11) is 0. The van der Waals surface area contributed by atoms with E-state index in [1.165, 1.54) is 50.5 Å². The van der Waals surface area contributed by atoms with Crippen LogP contribution >= 0.6 is 0 Å². The van der Waals surface area contributed by atoms with Crippen molar-refractivity contribution in [2.75, 3.05) is 11.9 Å². The van der Waals surface area contributed by atoms with E-state index in [-0.39, 0.29) is 0 Å². The molecule has 0 aliphatic heterocycles. The van der Waals surface area contributed by atoms with Crippen LogP contribution in [-0.4, -0.2) is 26.1 Å². The summed E-state index contributed by atoms with van der Waals surface area (Å²) < 4.78 is 1.82. The van der Waals surface area contributed by atoms with Crippen molar-refractivity contribution in [2.45, 2.75) is 58.8 Å². The summed E-state index contributed by atoms with van der Waals surface area (Å²) in [6.07, 6.45) is 11.2. The Balaban J connectivity index is 1.74. The van der Waals surface area contributed by atoms with E-state index >= 15 is 0 Å². The Labute approximate surface area is 126 Å². The minimum absolute atomic E-state index is 0.679. The van der Waals surface area contributed by atoms with Crippen LogP contribution in [-0.2, 0) is 0 Å². The molecule has 5 heteroatoms. The van der Waals surface area contributed by atoms with Crippen molar-refractivity contribution in [1.29, 1.82) is 0 Å². The van der Waals surface area contributed by atoms with E-state index in [2.05, 4.69) is 27.3 Å². The number of hydrogen-bond donors (Lipinski definition) is 1. The number of hydrogen-bond acceptors (Lipinski definition) is 4. The molecule has 5 nitrogen and oxygen atoms in total. The predicted octanol–water partition coefficient (Wildman–Crippen LogP) is 3.51. The van der Waals surface area contributed by atoms with Crippen molar-refractivity contribution in [2.24, 2.45) is 5.92 Å². The van der Waals surface area contributed by atoms with Crippen molar-refractivity contribution in [3.63, 3.8) is 0 Å². The van der Waals surface area contributed by atoms with Crippen LogP contribution in [0.1, 0.15) is 56.2 Å². The van der Waals surface area contributed by atoms with E-state index in [4.69, 9.17) is 0 Å². The molecule has 3 rings (SSSR count). The molecule has 21 heavy (non-hydrogen) atoms. The summed E-state index contributed by atoms with van der Waals surface area (Å²) in [4.78, 5) is 8.67. The highest BCUT2D eigenvalue weighted by molar-refractivity contribution is 5.51. The lowest BCUT2D eigenvalue weighted by Gasteiger charge is -2.21. The molecule has 0 radical (unpaired) electrons. The van der Waals surface area contributed by atoms with E-state index in [0.717, 1.165) is 24.0 Å². The van der Waals surface area contributed by atoms with Crippen LogP contribution in [0.2, 0.25) is 0 Å². The fraction of sp³-hybridized carbons (Fsp3) is 0.688. The van der Waals surface area contributed by atoms with Gasteiger partial charge in [-0.1, -0.05) is 32.1 Å². The summed E-state index contributed by atoms with van der Waals surface area (Å²) >= 11 is 0. The van der Waals surface area contributed by atoms with Gasteiger partial charge < -0.3 is 5.32 Å². The van der Waals surface area contributed by atoms with Crippen molar-refractivity contribution in [3.05, 3.63) is 17.6 Å². The molecule has 1 aliphatic rings. The lowest BCUT2D eigenvalue weighted by atomic mass is 9.91. The molecule has 0 unspecified atom stereocenters. The summed E-state index contributed by atoms with van der Waals surface area (Å²) in [5.41, 5.74) is 2.19. The number of aromatic nitrogens is 4. The average molecular weight is 287 g/mol. The smallest absolute Gasteiger partial charge is 0.254 e. The van der Waals surface area contributed by atoms with E-state index in [0.29, 0.717) is 5.78 Å². The molecule has 114 valence electrons. The first kappa shape index (κ1) is 14.3. The summed E-state index contributed by atoms with van der Waals surface area (Å²) in [6.45, 7) is 5.16. The highest BCUT2D eigenvalue weighted by atomic mass is 15.4. The second kappa shape index (κ2) is 6.41. The van der Waals surface area contributed by atoms with E-state index in [1.807, 2.05) is 11.4 Å². The molecular weight excluding hydrogens is 262 g/mol. The molecule has 2 heterocycles. The Kier molecular flexibility index (Phi) is 4.36.